The number of nitrogens with zero attached hydrogens (tertiary/aromatic N) is 7. The zero-order valence-electron chi connectivity index (χ0n) is 14.7. The Morgan fingerprint density at radius 2 is 2.11 bits per heavy atom. The third-order valence-electron chi connectivity index (χ3n) is 3.90. The number of carbonyl (C=O) groups is 1. The van der Waals surface area contributed by atoms with Gasteiger partial charge in [0.05, 0.1) is 27.3 Å². The van der Waals surface area contributed by atoms with E-state index in [0.29, 0.717) is 13.2 Å². The van der Waals surface area contributed by atoms with Crippen molar-refractivity contribution in [1.82, 2.24) is 34.7 Å². The van der Waals surface area contributed by atoms with Gasteiger partial charge >= 0.3 is 5.69 Å². The minimum Gasteiger partial charge on any atom is -0.349 e. The molecule has 0 radical (unpaired) electrons. The van der Waals surface area contributed by atoms with E-state index in [9.17, 15) is 14.9 Å². The summed E-state index contributed by atoms with van der Waals surface area (Å²) in [6.45, 7) is 4.84. The number of nitro groups is 1. The van der Waals surface area contributed by atoms with Crippen LogP contribution in [0.25, 0.3) is 0 Å². The molecule has 1 amide bonds. The van der Waals surface area contributed by atoms with Crippen LogP contribution in [0.4, 0.5) is 5.69 Å². The lowest BCUT2D eigenvalue weighted by Crippen LogP contribution is -2.28. The highest BCUT2D eigenvalue weighted by molar-refractivity contribution is 9.10. The number of amides is 1. The van der Waals surface area contributed by atoms with Crippen LogP contribution in [-0.2, 0) is 13.2 Å². The van der Waals surface area contributed by atoms with Gasteiger partial charge in [0.25, 0.3) is 5.91 Å². The van der Waals surface area contributed by atoms with E-state index in [0.717, 1.165) is 15.9 Å². The van der Waals surface area contributed by atoms with E-state index in [1.54, 1.807) is 21.6 Å². The van der Waals surface area contributed by atoms with Crippen LogP contribution < -0.4 is 5.32 Å². The summed E-state index contributed by atoms with van der Waals surface area (Å²) in [7, 11) is 0. The number of hydrogen-bond acceptors (Lipinski definition) is 6. The van der Waals surface area contributed by atoms with Gasteiger partial charge in [0.1, 0.15) is 24.8 Å². The van der Waals surface area contributed by atoms with Gasteiger partial charge in [-0.2, -0.15) is 15.3 Å². The molecule has 3 heterocycles. The molecule has 0 fully saturated rings. The maximum Gasteiger partial charge on any atom is 0.306 e. The van der Waals surface area contributed by atoms with Crippen molar-refractivity contribution in [3.63, 3.8) is 0 Å². The molecule has 3 aromatic heterocycles. The molecule has 0 spiro atoms. The molecule has 3 rings (SSSR count). The summed E-state index contributed by atoms with van der Waals surface area (Å²) in [6.07, 6.45) is 4.18. The van der Waals surface area contributed by atoms with E-state index in [2.05, 4.69) is 36.5 Å². The molecule has 0 aliphatic heterocycles. The first-order valence-electron chi connectivity index (χ1n) is 8.03. The van der Waals surface area contributed by atoms with Gasteiger partial charge in [0.15, 0.2) is 0 Å². The van der Waals surface area contributed by atoms with Crippen molar-refractivity contribution in [2.75, 3.05) is 6.54 Å². The van der Waals surface area contributed by atoms with E-state index < -0.39 is 4.92 Å². The van der Waals surface area contributed by atoms with Gasteiger partial charge in [0, 0.05) is 12.7 Å². The third-order valence-corrected chi connectivity index (χ3v) is 5.05. The SMILES string of the molecule is Cc1nn(Cn2ccc(C(=O)NCCn3cc([N+](=O)[O-])cn3)n2)c(C)c1Br. The van der Waals surface area contributed by atoms with Crippen molar-refractivity contribution in [2.45, 2.75) is 27.1 Å². The highest BCUT2D eigenvalue weighted by Crippen LogP contribution is 2.19. The van der Waals surface area contributed by atoms with Gasteiger partial charge in [0.2, 0.25) is 0 Å². The first-order chi connectivity index (χ1) is 12.8. The van der Waals surface area contributed by atoms with Gasteiger partial charge in [-0.3, -0.25) is 24.3 Å². The molecule has 0 atom stereocenters. The van der Waals surface area contributed by atoms with Gasteiger partial charge in [-0.15, -0.1) is 0 Å². The molecule has 27 heavy (non-hydrogen) atoms. The van der Waals surface area contributed by atoms with Crippen molar-refractivity contribution in [1.29, 1.82) is 0 Å². The molecule has 0 aliphatic rings. The van der Waals surface area contributed by atoms with Crippen molar-refractivity contribution in [2.24, 2.45) is 0 Å². The quantitative estimate of drug-likeness (QED) is 0.441. The normalized spacial score (nSPS) is 10.9. The van der Waals surface area contributed by atoms with Gasteiger partial charge in [-0.1, -0.05) is 0 Å². The Hall–Kier alpha value is -3.02. The van der Waals surface area contributed by atoms with Crippen molar-refractivity contribution < 1.29 is 9.72 Å². The number of rotatable bonds is 7. The summed E-state index contributed by atoms with van der Waals surface area (Å²) in [4.78, 5) is 22.3. The first-order valence-corrected chi connectivity index (χ1v) is 8.82. The number of aromatic nitrogens is 6. The van der Waals surface area contributed by atoms with Crippen LogP contribution in [0.2, 0.25) is 0 Å². The van der Waals surface area contributed by atoms with Crippen molar-refractivity contribution >= 4 is 27.5 Å². The molecular weight excluding hydrogens is 420 g/mol. The predicted octanol–water partition coefficient (Wildman–Crippen LogP) is 1.50. The zero-order chi connectivity index (χ0) is 19.6. The number of aryl methyl sites for hydroxylation is 1. The standard InChI is InChI=1S/C15H17BrN8O3/c1-10-14(16)11(2)23(19-10)9-22-5-3-13(20-22)15(25)17-4-6-21-8-12(7-18-21)24(26)27/h3,5,7-8H,4,6,9H2,1-2H3,(H,17,25). The molecule has 142 valence electrons. The van der Waals surface area contributed by atoms with E-state index in [4.69, 9.17) is 0 Å². The van der Waals surface area contributed by atoms with E-state index in [1.807, 2.05) is 13.8 Å². The van der Waals surface area contributed by atoms with Crippen LogP contribution in [0.15, 0.2) is 29.1 Å². The number of nitrogens with one attached hydrogen (secondary N) is 1. The monoisotopic (exact) mass is 436 g/mol. The Kier molecular flexibility index (Phi) is 5.35. The first kappa shape index (κ1) is 18.8. The molecule has 0 unspecified atom stereocenters. The predicted molar refractivity (Wildman–Crippen MR) is 98.2 cm³/mol. The lowest BCUT2D eigenvalue weighted by molar-refractivity contribution is -0.385. The summed E-state index contributed by atoms with van der Waals surface area (Å²) < 4.78 is 5.76. The van der Waals surface area contributed by atoms with Crippen LogP contribution >= 0.6 is 15.9 Å². The molecule has 1 N–H and O–H groups in total. The summed E-state index contributed by atoms with van der Waals surface area (Å²) >= 11 is 3.48. The molecule has 11 nitrogen and oxygen atoms in total. The fourth-order valence-corrected chi connectivity index (χ4v) is 2.74. The molecule has 0 aliphatic carbocycles. The van der Waals surface area contributed by atoms with Crippen LogP contribution in [0.3, 0.4) is 0 Å². The summed E-state index contributed by atoms with van der Waals surface area (Å²) in [5, 5.41) is 25.9. The van der Waals surface area contributed by atoms with E-state index in [-0.39, 0.29) is 23.8 Å². The molecular formula is C15H17BrN8O3. The highest BCUT2D eigenvalue weighted by atomic mass is 79.9. The largest absolute Gasteiger partial charge is 0.349 e. The fraction of sp³-hybridized carbons (Fsp3) is 0.333. The summed E-state index contributed by atoms with van der Waals surface area (Å²) in [6, 6.07) is 1.62. The maximum atomic E-state index is 12.2. The lowest BCUT2D eigenvalue weighted by atomic mass is 10.4. The molecule has 0 aromatic carbocycles. The van der Waals surface area contributed by atoms with Gasteiger partial charge in [-0.25, -0.2) is 4.68 Å². The Bertz CT molecular complexity index is 989. The van der Waals surface area contributed by atoms with Gasteiger partial charge in [-0.05, 0) is 35.8 Å². The Labute approximate surface area is 162 Å². The minimum atomic E-state index is -0.518. The fourth-order valence-electron chi connectivity index (χ4n) is 2.46. The van der Waals surface area contributed by atoms with E-state index >= 15 is 0 Å². The zero-order valence-corrected chi connectivity index (χ0v) is 16.2. The Morgan fingerprint density at radius 1 is 1.33 bits per heavy atom. The van der Waals surface area contributed by atoms with Crippen molar-refractivity contribution in [3.05, 3.63) is 56.3 Å². The highest BCUT2D eigenvalue weighted by Gasteiger charge is 2.13. The Balaban J connectivity index is 1.54. The maximum absolute atomic E-state index is 12.2. The second-order valence-electron chi connectivity index (χ2n) is 5.84. The van der Waals surface area contributed by atoms with Crippen molar-refractivity contribution in [3.8, 4) is 0 Å². The van der Waals surface area contributed by atoms with Gasteiger partial charge < -0.3 is 5.32 Å². The molecule has 12 heteroatoms. The third kappa shape index (κ3) is 4.22. The average molecular weight is 437 g/mol. The number of halogens is 1. The molecule has 3 aromatic rings. The van der Waals surface area contributed by atoms with Crippen LogP contribution in [0, 0.1) is 24.0 Å². The molecule has 0 bridgehead atoms. The average Bonchev–Trinajstić information content (AvgIpc) is 3.33. The second kappa shape index (κ2) is 7.70. The number of hydrogen-bond donors (Lipinski definition) is 1. The molecule has 0 saturated heterocycles. The lowest BCUT2D eigenvalue weighted by Gasteiger charge is -2.05. The molecule has 0 saturated carbocycles. The van der Waals surface area contributed by atoms with Crippen LogP contribution in [-0.4, -0.2) is 46.7 Å². The number of carbonyl (C=O) groups excluding carboxylic acids is 1. The summed E-state index contributed by atoms with van der Waals surface area (Å²) in [5.74, 6) is -0.329. The smallest absolute Gasteiger partial charge is 0.306 e. The topological polar surface area (TPSA) is 126 Å². The van der Waals surface area contributed by atoms with Crippen LogP contribution in [0.5, 0.6) is 0 Å². The van der Waals surface area contributed by atoms with E-state index in [1.165, 1.54) is 17.1 Å². The second-order valence-corrected chi connectivity index (χ2v) is 6.63. The minimum absolute atomic E-state index is 0.0872. The summed E-state index contributed by atoms with van der Waals surface area (Å²) in [5.41, 5.74) is 2.05. The Morgan fingerprint density at radius 3 is 2.74 bits per heavy atom. The van der Waals surface area contributed by atoms with Crippen LogP contribution in [0.1, 0.15) is 21.9 Å².